The topological polar surface area (TPSA) is 44.1 Å². The van der Waals surface area contributed by atoms with E-state index in [1.165, 1.54) is 29.2 Å². The van der Waals surface area contributed by atoms with Gasteiger partial charge in [0.2, 0.25) is 0 Å². The van der Waals surface area contributed by atoms with Crippen LogP contribution in [-0.4, -0.2) is 23.3 Å². The van der Waals surface area contributed by atoms with E-state index in [1.54, 1.807) is 23.8 Å². The summed E-state index contributed by atoms with van der Waals surface area (Å²) in [6, 6.07) is 4.60. The summed E-state index contributed by atoms with van der Waals surface area (Å²) in [5.74, 6) is -0.0700. The molecule has 138 valence electrons. The smallest absolute Gasteiger partial charge is 0.263 e. The van der Waals surface area contributed by atoms with Crippen molar-refractivity contribution in [2.75, 3.05) is 13.7 Å². The summed E-state index contributed by atoms with van der Waals surface area (Å²) in [6.07, 6.45) is 0. The maximum Gasteiger partial charge on any atom is 0.263 e. The van der Waals surface area contributed by atoms with Crippen molar-refractivity contribution in [1.82, 2.24) is 9.55 Å². The van der Waals surface area contributed by atoms with E-state index in [9.17, 15) is 9.18 Å². The number of aromatic nitrogens is 2. The second-order valence-corrected chi connectivity index (χ2v) is 8.35. The van der Waals surface area contributed by atoms with Gasteiger partial charge in [-0.15, -0.1) is 11.3 Å². The molecule has 26 heavy (non-hydrogen) atoms. The van der Waals surface area contributed by atoms with Crippen LogP contribution in [0, 0.1) is 19.7 Å². The number of thiophene rings is 1. The molecule has 0 N–H and O–H groups in total. The number of methoxy groups -OCH3 is 1. The first-order chi connectivity index (χ1) is 12.4. The summed E-state index contributed by atoms with van der Waals surface area (Å²) in [5.41, 5.74) is 1.28. The van der Waals surface area contributed by atoms with Crippen molar-refractivity contribution in [1.29, 1.82) is 0 Å². The Hall–Kier alpha value is -1.41. The zero-order chi connectivity index (χ0) is 18.8. The van der Waals surface area contributed by atoms with Gasteiger partial charge in [0.15, 0.2) is 5.16 Å². The molecule has 1 aromatic carbocycles. The summed E-state index contributed by atoms with van der Waals surface area (Å²) >= 11 is 8.91. The number of benzene rings is 1. The van der Waals surface area contributed by atoms with Crippen LogP contribution >= 0.6 is 34.7 Å². The Labute approximate surface area is 164 Å². The second-order valence-electron chi connectivity index (χ2n) is 5.80. The minimum atomic E-state index is -0.361. The Balaban J connectivity index is 2.04. The van der Waals surface area contributed by atoms with E-state index in [4.69, 9.17) is 16.3 Å². The average molecular weight is 413 g/mol. The monoisotopic (exact) mass is 412 g/mol. The van der Waals surface area contributed by atoms with E-state index < -0.39 is 0 Å². The number of thioether (sulfide) groups is 1. The van der Waals surface area contributed by atoms with E-state index in [0.717, 1.165) is 10.4 Å². The molecule has 0 unspecified atom stereocenters. The van der Waals surface area contributed by atoms with Crippen LogP contribution in [0.5, 0.6) is 0 Å². The van der Waals surface area contributed by atoms with E-state index in [-0.39, 0.29) is 11.4 Å². The molecule has 0 aliphatic carbocycles. The lowest BCUT2D eigenvalue weighted by molar-refractivity contribution is 0.183. The van der Waals surface area contributed by atoms with E-state index in [2.05, 4.69) is 4.98 Å². The molecule has 0 saturated carbocycles. The molecule has 3 aromatic rings. The van der Waals surface area contributed by atoms with Gasteiger partial charge in [-0.2, -0.15) is 0 Å². The van der Waals surface area contributed by atoms with Gasteiger partial charge in [0.25, 0.3) is 5.56 Å². The summed E-state index contributed by atoms with van der Waals surface area (Å²) in [7, 11) is 1.59. The quantitative estimate of drug-likeness (QED) is 0.430. The van der Waals surface area contributed by atoms with Crippen LogP contribution in [-0.2, 0) is 17.0 Å². The fourth-order valence-corrected chi connectivity index (χ4v) is 5.04. The molecular weight excluding hydrogens is 395 g/mol. The second kappa shape index (κ2) is 8.08. The lowest BCUT2D eigenvalue weighted by Crippen LogP contribution is -2.25. The molecule has 4 nitrogen and oxygen atoms in total. The molecule has 0 atom stereocenters. The molecule has 2 aromatic heterocycles. The first-order valence-electron chi connectivity index (χ1n) is 7.99. The third kappa shape index (κ3) is 3.67. The molecule has 0 aliphatic heterocycles. The third-order valence-electron chi connectivity index (χ3n) is 4.18. The minimum absolute atomic E-state index is 0.0870. The van der Waals surface area contributed by atoms with Gasteiger partial charge in [-0.05, 0) is 31.5 Å². The Kier molecular flexibility index (Phi) is 6.02. The van der Waals surface area contributed by atoms with Gasteiger partial charge in [0, 0.05) is 28.3 Å². The van der Waals surface area contributed by atoms with Crippen LogP contribution in [0.2, 0.25) is 5.02 Å². The zero-order valence-corrected chi connectivity index (χ0v) is 17.0. The van der Waals surface area contributed by atoms with Crippen LogP contribution in [0.3, 0.4) is 0 Å². The molecule has 0 fully saturated rings. The molecule has 3 rings (SSSR count). The highest BCUT2D eigenvalue weighted by Crippen LogP contribution is 2.31. The lowest BCUT2D eigenvalue weighted by atomic mass is 10.2. The van der Waals surface area contributed by atoms with E-state index in [1.807, 2.05) is 13.8 Å². The van der Waals surface area contributed by atoms with Crippen LogP contribution in [0.1, 0.15) is 16.0 Å². The van der Waals surface area contributed by atoms with Crippen molar-refractivity contribution in [3.63, 3.8) is 0 Å². The highest BCUT2D eigenvalue weighted by Gasteiger charge is 2.17. The number of ether oxygens (including phenoxy) is 1. The molecule has 8 heteroatoms. The Morgan fingerprint density at radius 2 is 2.15 bits per heavy atom. The average Bonchev–Trinajstić information content (AvgIpc) is 2.88. The van der Waals surface area contributed by atoms with Gasteiger partial charge in [-0.25, -0.2) is 9.37 Å². The first-order valence-corrected chi connectivity index (χ1v) is 10.2. The fraction of sp³-hybridized carbons (Fsp3) is 0.333. The number of halogens is 2. The van der Waals surface area contributed by atoms with Gasteiger partial charge in [0.05, 0.1) is 18.5 Å². The first kappa shape index (κ1) is 19.4. The van der Waals surface area contributed by atoms with Gasteiger partial charge in [-0.1, -0.05) is 29.4 Å². The Bertz CT molecular complexity index is 996. The zero-order valence-electron chi connectivity index (χ0n) is 14.6. The van der Waals surface area contributed by atoms with Crippen LogP contribution in [0.25, 0.3) is 10.2 Å². The van der Waals surface area contributed by atoms with E-state index >= 15 is 0 Å². The normalized spacial score (nSPS) is 11.4. The number of rotatable bonds is 6. The van der Waals surface area contributed by atoms with Gasteiger partial charge in [0.1, 0.15) is 10.6 Å². The predicted octanol–water partition coefficient (Wildman–Crippen LogP) is 4.81. The standard InChI is InChI=1S/C18H18ClFN2O2S2/c1-10-11(2)26-16-15(10)17(23)22(7-8-24-3)18(21-16)25-9-12-13(19)5-4-6-14(12)20/h4-6H,7-9H2,1-3H3. The number of hydrogen-bond donors (Lipinski definition) is 0. The molecule has 0 saturated heterocycles. The minimum Gasteiger partial charge on any atom is -0.383 e. The van der Waals surface area contributed by atoms with Crippen molar-refractivity contribution in [2.24, 2.45) is 0 Å². The highest BCUT2D eigenvalue weighted by atomic mass is 35.5. The van der Waals surface area contributed by atoms with Crippen LogP contribution in [0.15, 0.2) is 28.2 Å². The van der Waals surface area contributed by atoms with Crippen molar-refractivity contribution in [3.05, 3.63) is 55.4 Å². The molecule has 0 aliphatic rings. The SMILES string of the molecule is COCCn1c(SCc2c(F)cccc2Cl)nc2sc(C)c(C)c2c1=O. The Morgan fingerprint density at radius 3 is 2.85 bits per heavy atom. The van der Waals surface area contributed by atoms with Crippen LogP contribution in [0.4, 0.5) is 4.39 Å². The Morgan fingerprint density at radius 1 is 1.38 bits per heavy atom. The summed E-state index contributed by atoms with van der Waals surface area (Å²) in [6.45, 7) is 4.69. The largest absolute Gasteiger partial charge is 0.383 e. The summed E-state index contributed by atoms with van der Waals surface area (Å²) in [4.78, 5) is 19.4. The predicted molar refractivity (Wildman–Crippen MR) is 106 cm³/mol. The van der Waals surface area contributed by atoms with Gasteiger partial charge in [-0.3, -0.25) is 9.36 Å². The molecule has 0 spiro atoms. The van der Waals surface area contributed by atoms with Crippen LogP contribution < -0.4 is 5.56 Å². The van der Waals surface area contributed by atoms with Crippen molar-refractivity contribution < 1.29 is 9.13 Å². The maximum absolute atomic E-state index is 14.0. The molecular formula is C18H18ClFN2O2S2. The fourth-order valence-electron chi connectivity index (χ4n) is 2.61. The molecule has 0 bridgehead atoms. The number of aryl methyl sites for hydroxylation is 2. The van der Waals surface area contributed by atoms with Crippen molar-refractivity contribution >= 4 is 44.9 Å². The third-order valence-corrected chi connectivity index (χ3v) is 6.64. The van der Waals surface area contributed by atoms with Gasteiger partial charge < -0.3 is 4.74 Å². The number of fused-ring (bicyclic) bond motifs is 1. The maximum atomic E-state index is 14.0. The summed E-state index contributed by atoms with van der Waals surface area (Å²) in [5, 5.41) is 1.56. The number of nitrogens with zero attached hydrogens (tertiary/aromatic N) is 2. The van der Waals surface area contributed by atoms with Gasteiger partial charge >= 0.3 is 0 Å². The molecule has 0 amide bonds. The van der Waals surface area contributed by atoms with E-state index in [0.29, 0.717) is 44.9 Å². The highest BCUT2D eigenvalue weighted by molar-refractivity contribution is 7.98. The van der Waals surface area contributed by atoms with Crippen molar-refractivity contribution in [2.45, 2.75) is 31.3 Å². The number of hydrogen-bond acceptors (Lipinski definition) is 5. The lowest BCUT2D eigenvalue weighted by Gasteiger charge is -2.12. The summed E-state index contributed by atoms with van der Waals surface area (Å²) < 4.78 is 20.8. The molecule has 2 heterocycles. The van der Waals surface area contributed by atoms with Crippen molar-refractivity contribution in [3.8, 4) is 0 Å². The molecule has 0 radical (unpaired) electrons.